The zero-order valence-corrected chi connectivity index (χ0v) is 12.9. The van der Waals surface area contributed by atoms with E-state index in [0.717, 1.165) is 11.1 Å². The van der Waals surface area contributed by atoms with Gasteiger partial charge in [-0.05, 0) is 58.2 Å². The predicted molar refractivity (Wildman–Crippen MR) is 82.1 cm³/mol. The minimum absolute atomic E-state index is 0.0619. The highest BCUT2D eigenvalue weighted by atomic mass is 79.9. The van der Waals surface area contributed by atoms with E-state index in [1.54, 1.807) is 12.1 Å². The van der Waals surface area contributed by atoms with Gasteiger partial charge in [0.1, 0.15) is 18.2 Å². The van der Waals surface area contributed by atoms with E-state index in [4.69, 9.17) is 15.7 Å². The van der Waals surface area contributed by atoms with Gasteiger partial charge in [-0.25, -0.2) is 4.39 Å². The highest BCUT2D eigenvalue weighted by Crippen LogP contribution is 2.26. The maximum Gasteiger partial charge on any atom is 0.170 e. The third-order valence-electron chi connectivity index (χ3n) is 3.02. The van der Waals surface area contributed by atoms with E-state index in [1.165, 1.54) is 12.1 Å². The lowest BCUT2D eigenvalue weighted by atomic mass is 10.1. The molecule has 0 radical (unpaired) electrons. The van der Waals surface area contributed by atoms with Crippen molar-refractivity contribution in [1.82, 2.24) is 0 Å². The van der Waals surface area contributed by atoms with Crippen LogP contribution in [-0.4, -0.2) is 11.0 Å². The number of amidine groups is 1. The minimum atomic E-state index is -0.325. The monoisotopic (exact) mass is 352 g/mol. The molecule has 0 spiro atoms. The fourth-order valence-electron chi connectivity index (χ4n) is 1.82. The molecule has 110 valence electrons. The molecule has 6 heteroatoms. The summed E-state index contributed by atoms with van der Waals surface area (Å²) in [6.07, 6.45) is 0. The molecule has 0 aliphatic rings. The average Bonchev–Trinajstić information content (AvgIpc) is 2.46. The molecule has 0 aromatic heterocycles. The normalized spacial score (nSPS) is 11.5. The van der Waals surface area contributed by atoms with Crippen molar-refractivity contribution < 1.29 is 14.3 Å². The number of halogens is 2. The van der Waals surface area contributed by atoms with Crippen molar-refractivity contribution >= 4 is 21.8 Å². The van der Waals surface area contributed by atoms with Crippen molar-refractivity contribution in [3.8, 4) is 5.75 Å². The van der Waals surface area contributed by atoms with Gasteiger partial charge in [0, 0.05) is 5.56 Å². The van der Waals surface area contributed by atoms with Crippen LogP contribution >= 0.6 is 15.9 Å². The molecular weight excluding hydrogens is 339 g/mol. The molecule has 2 aromatic rings. The molecule has 2 rings (SSSR count). The Bertz CT molecular complexity index is 689. The van der Waals surface area contributed by atoms with Gasteiger partial charge in [0.2, 0.25) is 0 Å². The molecule has 0 unspecified atom stereocenters. The van der Waals surface area contributed by atoms with E-state index in [0.29, 0.717) is 22.4 Å². The van der Waals surface area contributed by atoms with Crippen LogP contribution in [0.25, 0.3) is 0 Å². The Morgan fingerprint density at radius 3 is 2.71 bits per heavy atom. The first-order valence-corrected chi connectivity index (χ1v) is 6.96. The van der Waals surface area contributed by atoms with Gasteiger partial charge < -0.3 is 15.7 Å². The molecule has 0 aliphatic heterocycles. The molecule has 2 aromatic carbocycles. The minimum Gasteiger partial charge on any atom is -0.488 e. The van der Waals surface area contributed by atoms with Crippen molar-refractivity contribution in [2.45, 2.75) is 13.5 Å². The Balaban J connectivity index is 2.13. The summed E-state index contributed by atoms with van der Waals surface area (Å²) >= 11 is 3.25. The van der Waals surface area contributed by atoms with E-state index in [1.807, 2.05) is 19.1 Å². The highest BCUT2D eigenvalue weighted by Gasteiger charge is 2.07. The summed E-state index contributed by atoms with van der Waals surface area (Å²) < 4.78 is 19.2. The van der Waals surface area contributed by atoms with Crippen molar-refractivity contribution in [1.29, 1.82) is 0 Å². The van der Waals surface area contributed by atoms with E-state index in [-0.39, 0.29) is 11.7 Å². The number of rotatable bonds is 4. The molecular formula is C15H14BrFN2O2. The Morgan fingerprint density at radius 2 is 2.10 bits per heavy atom. The van der Waals surface area contributed by atoms with Crippen LogP contribution < -0.4 is 10.5 Å². The van der Waals surface area contributed by atoms with Crippen LogP contribution in [0.4, 0.5) is 4.39 Å². The summed E-state index contributed by atoms with van der Waals surface area (Å²) in [6.45, 7) is 2.25. The van der Waals surface area contributed by atoms with E-state index in [2.05, 4.69) is 21.1 Å². The molecule has 0 aliphatic carbocycles. The number of aryl methyl sites for hydroxylation is 1. The maximum absolute atomic E-state index is 13.0. The maximum atomic E-state index is 13.0. The fourth-order valence-corrected chi connectivity index (χ4v) is 2.29. The number of hydrogen-bond donors (Lipinski definition) is 2. The zero-order chi connectivity index (χ0) is 15.4. The summed E-state index contributed by atoms with van der Waals surface area (Å²) in [7, 11) is 0. The number of nitrogens with two attached hydrogens (primary N) is 1. The molecule has 4 nitrogen and oxygen atoms in total. The predicted octanol–water partition coefficient (Wildman–Crippen LogP) is 3.57. The van der Waals surface area contributed by atoms with Crippen LogP contribution in [0.3, 0.4) is 0 Å². The van der Waals surface area contributed by atoms with Crippen molar-refractivity contribution in [3.63, 3.8) is 0 Å². The summed E-state index contributed by atoms with van der Waals surface area (Å²) in [5.74, 6) is 0.302. The number of hydrogen-bond acceptors (Lipinski definition) is 3. The van der Waals surface area contributed by atoms with Crippen molar-refractivity contribution in [2.75, 3.05) is 0 Å². The summed E-state index contributed by atoms with van der Waals surface area (Å²) in [5.41, 5.74) is 8.09. The fraction of sp³-hybridized carbons (Fsp3) is 0.133. The van der Waals surface area contributed by atoms with Crippen LogP contribution in [-0.2, 0) is 6.61 Å². The largest absolute Gasteiger partial charge is 0.488 e. The molecule has 0 atom stereocenters. The smallest absolute Gasteiger partial charge is 0.170 e. The van der Waals surface area contributed by atoms with Gasteiger partial charge in [-0.1, -0.05) is 17.3 Å². The van der Waals surface area contributed by atoms with Gasteiger partial charge in [-0.2, -0.15) is 0 Å². The molecule has 21 heavy (non-hydrogen) atoms. The molecule has 0 saturated heterocycles. The van der Waals surface area contributed by atoms with Crippen LogP contribution in [0.15, 0.2) is 46.0 Å². The first-order chi connectivity index (χ1) is 10.0. The van der Waals surface area contributed by atoms with E-state index >= 15 is 0 Å². The molecule has 0 amide bonds. The van der Waals surface area contributed by atoms with Crippen molar-refractivity contribution in [2.24, 2.45) is 10.9 Å². The van der Waals surface area contributed by atoms with Crippen LogP contribution in [0, 0.1) is 12.7 Å². The second-order valence-electron chi connectivity index (χ2n) is 4.49. The molecule has 0 saturated carbocycles. The topological polar surface area (TPSA) is 67.8 Å². The first kappa shape index (κ1) is 15.3. The summed E-state index contributed by atoms with van der Waals surface area (Å²) in [4.78, 5) is 0. The van der Waals surface area contributed by atoms with Crippen LogP contribution in [0.2, 0.25) is 0 Å². The third-order valence-corrected chi connectivity index (χ3v) is 3.64. The average molecular weight is 353 g/mol. The van der Waals surface area contributed by atoms with Gasteiger partial charge in [0.05, 0.1) is 4.47 Å². The third kappa shape index (κ3) is 3.72. The first-order valence-electron chi connectivity index (χ1n) is 6.16. The van der Waals surface area contributed by atoms with E-state index in [9.17, 15) is 4.39 Å². The molecule has 0 fully saturated rings. The van der Waals surface area contributed by atoms with Gasteiger partial charge in [0.25, 0.3) is 0 Å². The van der Waals surface area contributed by atoms with Gasteiger partial charge in [-0.3, -0.25) is 0 Å². The quantitative estimate of drug-likeness (QED) is 0.382. The summed E-state index contributed by atoms with van der Waals surface area (Å²) in [5, 5.41) is 11.6. The van der Waals surface area contributed by atoms with Crippen molar-refractivity contribution in [3.05, 3.63) is 63.4 Å². The Hall–Kier alpha value is -2.08. The van der Waals surface area contributed by atoms with Gasteiger partial charge >= 0.3 is 0 Å². The zero-order valence-electron chi connectivity index (χ0n) is 11.3. The second-order valence-corrected chi connectivity index (χ2v) is 5.34. The van der Waals surface area contributed by atoms with E-state index < -0.39 is 0 Å². The lowest BCUT2D eigenvalue weighted by molar-refractivity contribution is 0.303. The Labute approximate surface area is 130 Å². The number of oxime groups is 1. The standard InChI is InChI=1S/C15H14BrFN2O2/c1-9-6-10(15(18)19-20)2-3-11(9)8-21-14-5-4-12(17)7-13(14)16/h2-7,20H,8H2,1H3,(H2,18,19). The number of nitrogens with zero attached hydrogens (tertiary/aromatic N) is 1. The Morgan fingerprint density at radius 1 is 1.33 bits per heavy atom. The summed E-state index contributed by atoms with van der Waals surface area (Å²) in [6, 6.07) is 9.67. The van der Waals surface area contributed by atoms with Gasteiger partial charge in [-0.15, -0.1) is 0 Å². The van der Waals surface area contributed by atoms with Crippen LogP contribution in [0.5, 0.6) is 5.75 Å². The Kier molecular flexibility index (Phi) is 4.80. The molecule has 0 heterocycles. The lowest BCUT2D eigenvalue weighted by Gasteiger charge is -2.11. The van der Waals surface area contributed by atoms with Gasteiger partial charge in [0.15, 0.2) is 5.84 Å². The molecule has 0 bridgehead atoms. The number of ether oxygens (including phenoxy) is 1. The second kappa shape index (κ2) is 6.58. The SMILES string of the molecule is Cc1cc(/C(N)=N/O)ccc1COc1ccc(F)cc1Br. The highest BCUT2D eigenvalue weighted by molar-refractivity contribution is 9.10. The molecule has 3 N–H and O–H groups in total. The van der Waals surface area contributed by atoms with Crippen LogP contribution in [0.1, 0.15) is 16.7 Å². The lowest BCUT2D eigenvalue weighted by Crippen LogP contribution is -2.13. The number of benzene rings is 2.